The number of rotatable bonds is 5. The maximum atomic E-state index is 12.5. The Kier molecular flexibility index (Phi) is 6.02. The van der Waals surface area contributed by atoms with Crippen molar-refractivity contribution < 1.29 is 9.72 Å². The molecule has 0 radical (unpaired) electrons. The lowest BCUT2D eigenvalue weighted by molar-refractivity contribution is -0.387. The van der Waals surface area contributed by atoms with E-state index < -0.39 is 10.8 Å². The highest BCUT2D eigenvalue weighted by molar-refractivity contribution is 8.01. The summed E-state index contributed by atoms with van der Waals surface area (Å²) >= 11 is 15.5. The van der Waals surface area contributed by atoms with Crippen LogP contribution in [0, 0.1) is 24.0 Å². The van der Waals surface area contributed by atoms with Crippen LogP contribution in [-0.2, 0) is 0 Å². The van der Waals surface area contributed by atoms with Gasteiger partial charge in [-0.05, 0) is 13.8 Å². The number of pyridine rings is 1. The molecule has 3 aromatic rings. The van der Waals surface area contributed by atoms with Crippen LogP contribution in [0.4, 0.5) is 10.8 Å². The molecule has 0 aromatic carbocycles. The number of halogens is 2. The average Bonchev–Trinajstić information content (AvgIpc) is 3.15. The molecule has 27 heavy (non-hydrogen) atoms. The molecule has 3 aromatic heterocycles. The molecular weight excluding hydrogens is 451 g/mol. The van der Waals surface area contributed by atoms with Gasteiger partial charge in [0.25, 0.3) is 11.6 Å². The van der Waals surface area contributed by atoms with Crippen LogP contribution in [0.3, 0.4) is 0 Å². The fourth-order valence-corrected chi connectivity index (χ4v) is 5.52. The number of nitrogens with one attached hydrogen (secondary N) is 1. The molecule has 12 heteroatoms. The molecule has 3 heterocycles. The third-order valence-corrected chi connectivity index (χ3v) is 7.60. The number of nitro groups is 1. The predicted octanol–water partition coefficient (Wildman–Crippen LogP) is 5.83. The second kappa shape index (κ2) is 8.11. The van der Waals surface area contributed by atoms with Crippen molar-refractivity contribution in [3.05, 3.63) is 54.1 Å². The number of anilines is 1. The molecule has 0 bridgehead atoms. The van der Waals surface area contributed by atoms with E-state index in [9.17, 15) is 14.9 Å². The molecule has 0 unspecified atom stereocenters. The number of hydrogen-bond donors (Lipinski definition) is 1. The SMILES string of the molecule is Cc1nc(NC(=O)c2cc([N+](=O)[O-])c(Sc3c(Cl)cncc3Cl)s2)sc1C. The van der Waals surface area contributed by atoms with Crippen LogP contribution in [0.1, 0.15) is 20.2 Å². The first-order chi connectivity index (χ1) is 12.8. The lowest BCUT2D eigenvalue weighted by atomic mass is 10.4. The molecular formula is C15H10Cl2N4O3S3. The Morgan fingerprint density at radius 2 is 1.93 bits per heavy atom. The van der Waals surface area contributed by atoms with Crippen molar-refractivity contribution in [3.63, 3.8) is 0 Å². The van der Waals surface area contributed by atoms with Gasteiger partial charge < -0.3 is 0 Å². The van der Waals surface area contributed by atoms with Gasteiger partial charge in [-0.25, -0.2) is 4.98 Å². The van der Waals surface area contributed by atoms with Crippen LogP contribution < -0.4 is 5.32 Å². The molecule has 7 nitrogen and oxygen atoms in total. The molecule has 0 aliphatic heterocycles. The maximum absolute atomic E-state index is 12.5. The molecule has 1 amide bonds. The Bertz CT molecular complexity index is 1010. The number of carbonyl (C=O) groups excluding carboxylic acids is 1. The zero-order valence-electron chi connectivity index (χ0n) is 13.8. The van der Waals surface area contributed by atoms with E-state index in [1.807, 2.05) is 13.8 Å². The van der Waals surface area contributed by atoms with Gasteiger partial charge in [0.1, 0.15) is 9.09 Å². The monoisotopic (exact) mass is 460 g/mol. The number of thiazole rings is 1. The third-order valence-electron chi connectivity index (χ3n) is 3.35. The fourth-order valence-electron chi connectivity index (χ4n) is 1.95. The summed E-state index contributed by atoms with van der Waals surface area (Å²) in [4.78, 5) is 33.1. The summed E-state index contributed by atoms with van der Waals surface area (Å²) in [5.41, 5.74) is 0.635. The number of carbonyl (C=O) groups is 1. The van der Waals surface area contributed by atoms with E-state index in [1.54, 1.807) is 0 Å². The molecule has 3 rings (SSSR count). The van der Waals surface area contributed by atoms with Gasteiger partial charge in [0.15, 0.2) is 5.13 Å². The quantitative estimate of drug-likeness (QED) is 0.379. The van der Waals surface area contributed by atoms with E-state index >= 15 is 0 Å². The number of nitrogens with zero attached hydrogens (tertiary/aromatic N) is 3. The van der Waals surface area contributed by atoms with Crippen molar-refractivity contribution in [3.8, 4) is 0 Å². The minimum atomic E-state index is -0.545. The highest BCUT2D eigenvalue weighted by Crippen LogP contribution is 2.45. The summed E-state index contributed by atoms with van der Waals surface area (Å²) in [5.74, 6) is -0.462. The zero-order chi connectivity index (χ0) is 19.7. The van der Waals surface area contributed by atoms with Gasteiger partial charge in [-0.1, -0.05) is 35.0 Å². The standard InChI is InChI=1S/C15H10Cl2N4O3S3/c1-6-7(2)25-15(19-6)20-13(22)11-3-10(21(23)24)14(26-11)27-12-8(16)4-18-5-9(12)17/h3-5H,1-2H3,(H,19,20,22). The number of aromatic nitrogens is 2. The minimum Gasteiger partial charge on any atom is -0.297 e. The first-order valence-corrected chi connectivity index (χ1v) is 10.5. The van der Waals surface area contributed by atoms with Gasteiger partial charge in [0, 0.05) is 23.3 Å². The molecule has 0 atom stereocenters. The number of amides is 1. The van der Waals surface area contributed by atoms with Crippen LogP contribution in [0.15, 0.2) is 27.6 Å². The van der Waals surface area contributed by atoms with Crippen molar-refractivity contribution >= 4 is 74.4 Å². The van der Waals surface area contributed by atoms with Gasteiger partial charge in [-0.15, -0.1) is 22.7 Å². The summed E-state index contributed by atoms with van der Waals surface area (Å²) in [7, 11) is 0. The summed E-state index contributed by atoms with van der Waals surface area (Å²) in [5, 5.41) is 15.1. The zero-order valence-corrected chi connectivity index (χ0v) is 17.7. The van der Waals surface area contributed by atoms with Gasteiger partial charge >= 0.3 is 0 Å². The van der Waals surface area contributed by atoms with E-state index in [0.29, 0.717) is 14.2 Å². The van der Waals surface area contributed by atoms with E-state index in [1.165, 1.54) is 29.8 Å². The van der Waals surface area contributed by atoms with Crippen molar-refractivity contribution in [1.82, 2.24) is 9.97 Å². The highest BCUT2D eigenvalue weighted by Gasteiger charge is 2.25. The Morgan fingerprint density at radius 1 is 1.26 bits per heavy atom. The van der Waals surface area contributed by atoms with Crippen molar-refractivity contribution in [2.45, 2.75) is 23.0 Å². The molecule has 1 N–H and O–H groups in total. The molecule has 0 saturated heterocycles. The normalized spacial score (nSPS) is 10.8. The Morgan fingerprint density at radius 3 is 2.48 bits per heavy atom. The smallest absolute Gasteiger partial charge is 0.294 e. The molecule has 0 fully saturated rings. The van der Waals surface area contributed by atoms with Crippen LogP contribution >= 0.6 is 57.6 Å². The van der Waals surface area contributed by atoms with Crippen LogP contribution in [-0.4, -0.2) is 20.8 Å². The summed E-state index contributed by atoms with van der Waals surface area (Å²) in [6.45, 7) is 3.74. The van der Waals surface area contributed by atoms with Crippen LogP contribution in [0.5, 0.6) is 0 Å². The first-order valence-electron chi connectivity index (χ1n) is 7.26. The molecule has 0 aliphatic carbocycles. The summed E-state index contributed by atoms with van der Waals surface area (Å²) < 4.78 is 0.298. The summed E-state index contributed by atoms with van der Waals surface area (Å²) in [6, 6.07) is 1.23. The van der Waals surface area contributed by atoms with E-state index in [-0.39, 0.29) is 20.6 Å². The van der Waals surface area contributed by atoms with Gasteiger partial charge in [-0.2, -0.15) is 0 Å². The summed E-state index contributed by atoms with van der Waals surface area (Å²) in [6.07, 6.45) is 2.80. The van der Waals surface area contributed by atoms with Gasteiger partial charge in [-0.3, -0.25) is 25.2 Å². The number of aryl methyl sites for hydroxylation is 2. The second-order valence-corrected chi connectivity index (χ2v) is 9.54. The van der Waals surface area contributed by atoms with Crippen LogP contribution in [0.25, 0.3) is 0 Å². The Labute approximate surface area is 175 Å². The number of thiophene rings is 1. The largest absolute Gasteiger partial charge is 0.297 e. The molecule has 140 valence electrons. The second-order valence-electron chi connectivity index (χ2n) is 5.19. The van der Waals surface area contributed by atoms with E-state index in [2.05, 4.69) is 15.3 Å². The van der Waals surface area contributed by atoms with Gasteiger partial charge in [0.2, 0.25) is 0 Å². The van der Waals surface area contributed by atoms with Crippen molar-refractivity contribution in [2.75, 3.05) is 5.32 Å². The van der Waals surface area contributed by atoms with Gasteiger partial charge in [0.05, 0.1) is 25.6 Å². The van der Waals surface area contributed by atoms with E-state index in [4.69, 9.17) is 23.2 Å². The number of hydrogen-bond acceptors (Lipinski definition) is 8. The van der Waals surface area contributed by atoms with E-state index in [0.717, 1.165) is 33.7 Å². The Hall–Kier alpha value is -1.72. The van der Waals surface area contributed by atoms with Crippen molar-refractivity contribution in [2.24, 2.45) is 0 Å². The molecule has 0 saturated carbocycles. The topological polar surface area (TPSA) is 98.0 Å². The predicted molar refractivity (Wildman–Crippen MR) is 109 cm³/mol. The first kappa shape index (κ1) is 20.0. The maximum Gasteiger partial charge on any atom is 0.294 e. The molecule has 0 spiro atoms. The fraction of sp³-hybridized carbons (Fsp3) is 0.133. The minimum absolute atomic E-state index is 0.189. The third kappa shape index (κ3) is 4.41. The molecule has 0 aliphatic rings. The van der Waals surface area contributed by atoms with Crippen LogP contribution in [0.2, 0.25) is 10.0 Å². The Balaban J connectivity index is 1.91. The highest BCUT2D eigenvalue weighted by atomic mass is 35.5. The lowest BCUT2D eigenvalue weighted by Crippen LogP contribution is -2.09. The average molecular weight is 461 g/mol. The lowest BCUT2D eigenvalue weighted by Gasteiger charge is -2.03. The van der Waals surface area contributed by atoms with Crippen molar-refractivity contribution in [1.29, 1.82) is 0 Å².